The molecular weight excluding hydrogens is 510 g/mol. The lowest BCUT2D eigenvalue weighted by molar-refractivity contribution is 0.101. The summed E-state index contributed by atoms with van der Waals surface area (Å²) in [5.74, 6) is -0.664. The molecule has 0 atom stereocenters. The van der Waals surface area contributed by atoms with Crippen molar-refractivity contribution in [1.29, 1.82) is 0 Å². The van der Waals surface area contributed by atoms with Crippen molar-refractivity contribution in [2.75, 3.05) is 23.7 Å². The topological polar surface area (TPSA) is 95.6 Å². The van der Waals surface area contributed by atoms with E-state index in [4.69, 9.17) is 0 Å². The summed E-state index contributed by atoms with van der Waals surface area (Å²) in [5, 5.41) is 5.72. The van der Waals surface area contributed by atoms with Gasteiger partial charge in [0.2, 0.25) is 10.0 Å². The number of hydrogen-bond acceptors (Lipinski definition) is 4. The van der Waals surface area contributed by atoms with Crippen molar-refractivity contribution >= 4 is 33.2 Å². The molecule has 39 heavy (non-hydrogen) atoms. The lowest BCUT2D eigenvalue weighted by atomic mass is 9.87. The zero-order valence-electron chi connectivity index (χ0n) is 23.1. The maximum absolute atomic E-state index is 13.3. The first-order valence-electron chi connectivity index (χ1n) is 13.4. The molecule has 0 radical (unpaired) electrons. The van der Waals surface area contributed by atoms with Crippen molar-refractivity contribution in [2.45, 2.75) is 63.7 Å². The lowest BCUT2D eigenvalue weighted by Crippen LogP contribution is -2.32. The fraction of sp³-hybridized carbons (Fsp3) is 0.355. The smallest absolute Gasteiger partial charge is 0.255 e. The predicted molar refractivity (Wildman–Crippen MR) is 156 cm³/mol. The molecule has 4 rings (SSSR count). The molecule has 1 aliphatic rings. The Hall–Kier alpha value is -3.49. The van der Waals surface area contributed by atoms with Crippen molar-refractivity contribution < 1.29 is 18.0 Å². The summed E-state index contributed by atoms with van der Waals surface area (Å²) in [7, 11) is -3.68. The van der Waals surface area contributed by atoms with Gasteiger partial charge in [0.05, 0.1) is 4.90 Å². The number of hydrogen-bond donors (Lipinski definition) is 2. The third-order valence-corrected chi connectivity index (χ3v) is 8.94. The van der Waals surface area contributed by atoms with Gasteiger partial charge in [0.1, 0.15) is 0 Å². The standard InChI is InChI=1S/C31H37N3O4S/c1-22-12-17-27(39(37,38)34-18-7-5-6-8-19-34)21-28(22)30(36)33-26-11-9-10-25(20-26)32-29(35)23-13-15-24(16-14-23)31(2,3)4/h9-17,20-21H,5-8,18-19H2,1-4H3,(H,32,35)(H,33,36). The van der Waals surface area contributed by atoms with Gasteiger partial charge in [-0.2, -0.15) is 4.31 Å². The number of benzene rings is 3. The highest BCUT2D eigenvalue weighted by molar-refractivity contribution is 7.89. The summed E-state index contributed by atoms with van der Waals surface area (Å²) in [6, 6.07) is 19.1. The molecule has 0 spiro atoms. The second-order valence-electron chi connectivity index (χ2n) is 11.1. The predicted octanol–water partition coefficient (Wildman–Crippen LogP) is 6.36. The largest absolute Gasteiger partial charge is 0.322 e. The number of rotatable bonds is 6. The lowest BCUT2D eigenvalue weighted by Gasteiger charge is -2.20. The number of nitrogens with zero attached hydrogens (tertiary/aromatic N) is 1. The van der Waals surface area contributed by atoms with Gasteiger partial charge in [0.25, 0.3) is 11.8 Å². The Kier molecular flexibility index (Phi) is 8.57. The SMILES string of the molecule is Cc1ccc(S(=O)(=O)N2CCCCCC2)cc1C(=O)Nc1cccc(NC(=O)c2ccc(C(C)(C)C)cc2)c1. The molecule has 0 aliphatic carbocycles. The molecule has 1 heterocycles. The molecule has 1 aliphatic heterocycles. The molecular formula is C31H37N3O4S. The van der Waals surface area contributed by atoms with Gasteiger partial charge in [-0.15, -0.1) is 0 Å². The minimum atomic E-state index is -3.68. The second kappa shape index (κ2) is 11.7. The zero-order valence-corrected chi connectivity index (χ0v) is 23.9. The van der Waals surface area contributed by atoms with Crippen molar-refractivity contribution in [1.82, 2.24) is 4.31 Å². The Labute approximate surface area is 231 Å². The molecule has 7 nitrogen and oxygen atoms in total. The monoisotopic (exact) mass is 547 g/mol. The van der Waals surface area contributed by atoms with Crippen LogP contribution in [0.5, 0.6) is 0 Å². The van der Waals surface area contributed by atoms with Crippen LogP contribution in [0.1, 0.15) is 78.3 Å². The Morgan fingerprint density at radius 3 is 1.95 bits per heavy atom. The average molecular weight is 548 g/mol. The number of anilines is 2. The van der Waals surface area contributed by atoms with E-state index in [1.165, 1.54) is 10.4 Å². The van der Waals surface area contributed by atoms with Gasteiger partial charge in [-0.05, 0) is 78.8 Å². The maximum Gasteiger partial charge on any atom is 0.255 e. The first kappa shape index (κ1) is 28.5. The van der Waals surface area contributed by atoms with Crippen LogP contribution in [0.15, 0.2) is 71.6 Å². The van der Waals surface area contributed by atoms with Crippen LogP contribution in [-0.2, 0) is 15.4 Å². The highest BCUT2D eigenvalue weighted by Gasteiger charge is 2.26. The van der Waals surface area contributed by atoms with Gasteiger partial charge in [0.15, 0.2) is 0 Å². The van der Waals surface area contributed by atoms with Crippen LogP contribution in [0.2, 0.25) is 0 Å². The Morgan fingerprint density at radius 1 is 0.769 bits per heavy atom. The molecule has 3 aromatic rings. The molecule has 0 bridgehead atoms. The quantitative estimate of drug-likeness (QED) is 0.375. The molecule has 1 saturated heterocycles. The second-order valence-corrected chi connectivity index (χ2v) is 13.0. The molecule has 2 amide bonds. The van der Waals surface area contributed by atoms with Gasteiger partial charge >= 0.3 is 0 Å². The molecule has 2 N–H and O–H groups in total. The summed E-state index contributed by atoms with van der Waals surface area (Å²) >= 11 is 0. The van der Waals surface area contributed by atoms with Crippen LogP contribution in [0.3, 0.4) is 0 Å². The first-order valence-corrected chi connectivity index (χ1v) is 14.8. The fourth-order valence-electron chi connectivity index (χ4n) is 4.64. The maximum atomic E-state index is 13.3. The molecule has 206 valence electrons. The molecule has 3 aromatic carbocycles. The van der Waals surface area contributed by atoms with Crippen molar-refractivity contribution in [3.63, 3.8) is 0 Å². The van der Waals surface area contributed by atoms with Gasteiger partial charge in [-0.3, -0.25) is 9.59 Å². The van der Waals surface area contributed by atoms with E-state index in [0.717, 1.165) is 31.2 Å². The van der Waals surface area contributed by atoms with Crippen LogP contribution in [0.25, 0.3) is 0 Å². The minimum absolute atomic E-state index is 0.00345. The Balaban J connectivity index is 1.48. The van der Waals surface area contributed by atoms with Crippen molar-refractivity contribution in [3.05, 3.63) is 89.0 Å². The number of aryl methyl sites for hydroxylation is 1. The molecule has 0 saturated carbocycles. The van der Waals surface area contributed by atoms with Crippen LogP contribution in [-0.4, -0.2) is 37.6 Å². The number of carbonyl (C=O) groups is 2. The zero-order chi connectivity index (χ0) is 28.2. The summed E-state index contributed by atoms with van der Waals surface area (Å²) in [6.45, 7) is 9.13. The Bertz CT molecular complexity index is 1450. The number of nitrogens with one attached hydrogen (secondary N) is 2. The third-order valence-electron chi connectivity index (χ3n) is 7.05. The van der Waals surface area contributed by atoms with Crippen molar-refractivity contribution in [3.8, 4) is 0 Å². The van der Waals surface area contributed by atoms with Crippen LogP contribution in [0.4, 0.5) is 11.4 Å². The third kappa shape index (κ3) is 6.94. The average Bonchev–Trinajstić information content (AvgIpc) is 3.19. The highest BCUT2D eigenvalue weighted by atomic mass is 32.2. The van der Waals surface area contributed by atoms with Crippen LogP contribution >= 0.6 is 0 Å². The molecule has 1 fully saturated rings. The number of carbonyl (C=O) groups excluding carboxylic acids is 2. The molecule has 0 unspecified atom stereocenters. The van der Waals surface area contributed by atoms with E-state index in [0.29, 0.717) is 41.2 Å². The summed E-state index contributed by atoms with van der Waals surface area (Å²) in [4.78, 5) is 26.1. The number of sulfonamides is 1. The van der Waals surface area contributed by atoms with E-state index in [1.807, 2.05) is 12.1 Å². The summed E-state index contributed by atoms with van der Waals surface area (Å²) in [5.41, 5.74) is 3.66. The normalized spacial score (nSPS) is 14.9. The van der Waals surface area contributed by atoms with Gasteiger partial charge in [-0.1, -0.05) is 57.9 Å². The molecule has 8 heteroatoms. The fourth-order valence-corrected chi connectivity index (χ4v) is 6.18. The highest BCUT2D eigenvalue weighted by Crippen LogP contribution is 2.25. The van der Waals surface area contributed by atoms with Gasteiger partial charge in [0, 0.05) is 35.6 Å². The van der Waals surface area contributed by atoms with Gasteiger partial charge < -0.3 is 10.6 Å². The van der Waals surface area contributed by atoms with Crippen molar-refractivity contribution in [2.24, 2.45) is 0 Å². The number of amides is 2. The minimum Gasteiger partial charge on any atom is -0.322 e. The van der Waals surface area contributed by atoms with E-state index < -0.39 is 15.9 Å². The van der Waals surface area contributed by atoms with E-state index >= 15 is 0 Å². The molecule has 0 aromatic heterocycles. The van der Waals surface area contributed by atoms with Crippen LogP contribution in [0, 0.1) is 6.92 Å². The summed E-state index contributed by atoms with van der Waals surface area (Å²) < 4.78 is 28.1. The van der Waals surface area contributed by atoms with E-state index in [9.17, 15) is 18.0 Å². The summed E-state index contributed by atoms with van der Waals surface area (Å²) in [6.07, 6.45) is 3.73. The van der Waals surface area contributed by atoms with E-state index in [2.05, 4.69) is 31.4 Å². The van der Waals surface area contributed by atoms with E-state index in [1.54, 1.807) is 55.5 Å². The van der Waals surface area contributed by atoms with Gasteiger partial charge in [-0.25, -0.2) is 8.42 Å². The Morgan fingerprint density at radius 2 is 1.36 bits per heavy atom. The van der Waals surface area contributed by atoms with E-state index in [-0.39, 0.29) is 16.2 Å². The first-order chi connectivity index (χ1) is 18.4. The van der Waals surface area contributed by atoms with Crippen LogP contribution < -0.4 is 10.6 Å².